The van der Waals surface area contributed by atoms with Crippen molar-refractivity contribution >= 4 is 32.8 Å². The van der Waals surface area contributed by atoms with Crippen molar-refractivity contribution in [3.05, 3.63) is 99.7 Å². The van der Waals surface area contributed by atoms with E-state index in [-0.39, 0.29) is 0 Å². The van der Waals surface area contributed by atoms with Crippen LogP contribution >= 0.6 is 15.9 Å². The highest BCUT2D eigenvalue weighted by atomic mass is 79.9. The van der Waals surface area contributed by atoms with E-state index in [0.717, 1.165) is 37.8 Å². The predicted molar refractivity (Wildman–Crippen MR) is 130 cm³/mol. The number of carbonyl (C=O) groups is 1. The van der Waals surface area contributed by atoms with Gasteiger partial charge in [0.1, 0.15) is 18.4 Å². The van der Waals surface area contributed by atoms with E-state index in [0.29, 0.717) is 19.6 Å². The zero-order chi connectivity index (χ0) is 22.5. The van der Waals surface area contributed by atoms with E-state index in [1.807, 2.05) is 66.9 Å². The topological polar surface area (TPSA) is 74.3 Å². The molecule has 32 heavy (non-hydrogen) atoms. The third kappa shape index (κ3) is 5.21. The van der Waals surface area contributed by atoms with E-state index in [4.69, 9.17) is 4.74 Å². The van der Waals surface area contributed by atoms with Gasteiger partial charge in [0.2, 0.25) is 0 Å². The van der Waals surface area contributed by atoms with E-state index in [2.05, 4.69) is 39.2 Å². The number of aromatic amines is 1. The van der Waals surface area contributed by atoms with Gasteiger partial charge in [-0.1, -0.05) is 58.4 Å². The number of hydrogen-bond acceptors (Lipinski definition) is 3. The number of H-pyrrole nitrogens is 1. The number of benzene rings is 3. The lowest BCUT2D eigenvalue weighted by Gasteiger charge is -2.17. The van der Waals surface area contributed by atoms with Crippen molar-refractivity contribution in [2.75, 3.05) is 0 Å². The highest BCUT2D eigenvalue weighted by Gasteiger charge is 2.20. The molecule has 1 heterocycles. The van der Waals surface area contributed by atoms with Crippen molar-refractivity contribution in [3.8, 4) is 5.75 Å². The first-order valence-electron chi connectivity index (χ1n) is 10.5. The summed E-state index contributed by atoms with van der Waals surface area (Å²) in [4.78, 5) is 15.2. The molecule has 0 radical (unpaired) electrons. The molecule has 0 aliphatic rings. The van der Waals surface area contributed by atoms with Gasteiger partial charge >= 0.3 is 5.97 Å². The molecule has 0 aliphatic carbocycles. The molecule has 0 amide bonds. The van der Waals surface area contributed by atoms with Crippen molar-refractivity contribution in [1.29, 1.82) is 0 Å². The average Bonchev–Trinajstić information content (AvgIpc) is 3.19. The number of halogens is 1. The molecule has 164 valence electrons. The first-order valence-corrected chi connectivity index (χ1v) is 11.3. The van der Waals surface area contributed by atoms with Crippen LogP contribution in [0.25, 0.3) is 10.9 Å². The van der Waals surface area contributed by atoms with E-state index < -0.39 is 12.0 Å². The SMILES string of the molecule is Cc1ccccc1COc1ccc(Br)cc1CNC(Cc1c[nH]c2ccccc12)C(=O)O. The van der Waals surface area contributed by atoms with Crippen molar-refractivity contribution in [2.24, 2.45) is 0 Å². The molecule has 0 aliphatic heterocycles. The lowest BCUT2D eigenvalue weighted by Crippen LogP contribution is -2.38. The van der Waals surface area contributed by atoms with E-state index >= 15 is 0 Å². The van der Waals surface area contributed by atoms with Gasteiger partial charge < -0.3 is 14.8 Å². The van der Waals surface area contributed by atoms with Crippen LogP contribution < -0.4 is 10.1 Å². The normalized spacial score (nSPS) is 12.1. The molecule has 4 rings (SSSR count). The Kier molecular flexibility index (Phi) is 6.93. The molecule has 0 bridgehead atoms. The van der Waals surface area contributed by atoms with Crippen LogP contribution in [0.15, 0.2) is 77.4 Å². The summed E-state index contributed by atoms with van der Waals surface area (Å²) in [5, 5.41) is 14.1. The maximum absolute atomic E-state index is 12.0. The van der Waals surface area contributed by atoms with Gasteiger partial charge in [-0.3, -0.25) is 10.1 Å². The Morgan fingerprint density at radius 3 is 2.66 bits per heavy atom. The van der Waals surface area contributed by atoms with Crippen LogP contribution in [0.2, 0.25) is 0 Å². The number of aliphatic carboxylic acids is 1. The molecule has 6 heteroatoms. The van der Waals surface area contributed by atoms with Gasteiger partial charge in [-0.05, 0) is 47.9 Å². The van der Waals surface area contributed by atoms with Gasteiger partial charge in [-0.2, -0.15) is 0 Å². The van der Waals surface area contributed by atoms with Crippen LogP contribution in [0.1, 0.15) is 22.3 Å². The summed E-state index contributed by atoms with van der Waals surface area (Å²) in [6, 6.07) is 21.1. The van der Waals surface area contributed by atoms with Crippen LogP contribution in [-0.4, -0.2) is 22.1 Å². The number of aromatic nitrogens is 1. The lowest BCUT2D eigenvalue weighted by molar-refractivity contribution is -0.139. The number of nitrogens with one attached hydrogen (secondary N) is 2. The number of carboxylic acid groups (broad SMARTS) is 1. The van der Waals surface area contributed by atoms with Crippen LogP contribution in [0.5, 0.6) is 5.75 Å². The Morgan fingerprint density at radius 2 is 1.84 bits per heavy atom. The maximum atomic E-state index is 12.0. The molecular weight excluding hydrogens is 468 g/mol. The monoisotopic (exact) mass is 492 g/mol. The fourth-order valence-electron chi connectivity index (χ4n) is 3.75. The smallest absolute Gasteiger partial charge is 0.321 e. The zero-order valence-corrected chi connectivity index (χ0v) is 19.4. The van der Waals surface area contributed by atoms with Crippen LogP contribution in [0, 0.1) is 6.92 Å². The molecule has 5 nitrogen and oxygen atoms in total. The number of rotatable bonds is 9. The number of hydrogen-bond donors (Lipinski definition) is 3. The molecule has 1 aromatic heterocycles. The molecule has 1 atom stereocenters. The molecule has 0 saturated carbocycles. The first kappa shape index (κ1) is 22.1. The molecule has 3 N–H and O–H groups in total. The Morgan fingerprint density at radius 1 is 1.06 bits per heavy atom. The fourth-order valence-corrected chi connectivity index (χ4v) is 4.16. The molecule has 0 saturated heterocycles. The van der Waals surface area contributed by atoms with E-state index in [9.17, 15) is 9.90 Å². The van der Waals surface area contributed by atoms with Gasteiger partial charge in [0.15, 0.2) is 0 Å². The minimum absolute atomic E-state index is 0.377. The van der Waals surface area contributed by atoms with Crippen LogP contribution in [0.3, 0.4) is 0 Å². The van der Waals surface area contributed by atoms with Crippen molar-refractivity contribution in [3.63, 3.8) is 0 Å². The highest BCUT2D eigenvalue weighted by Crippen LogP contribution is 2.25. The van der Waals surface area contributed by atoms with Crippen molar-refractivity contribution in [2.45, 2.75) is 32.5 Å². The third-order valence-corrected chi connectivity index (χ3v) is 6.10. The largest absolute Gasteiger partial charge is 0.489 e. The van der Waals surface area contributed by atoms with Crippen LogP contribution in [0.4, 0.5) is 0 Å². The summed E-state index contributed by atoms with van der Waals surface area (Å²) in [6.45, 7) is 2.89. The van der Waals surface area contributed by atoms with Crippen molar-refractivity contribution < 1.29 is 14.6 Å². The Labute approximate surface area is 195 Å². The standard InChI is InChI=1S/C26H25BrN2O3/c1-17-6-2-3-7-18(17)16-32-25-11-10-21(27)12-20(25)15-29-24(26(30)31)13-19-14-28-23-9-5-4-8-22(19)23/h2-12,14,24,28-29H,13,15-16H2,1H3,(H,30,31). The van der Waals surface area contributed by atoms with E-state index in [1.165, 1.54) is 5.56 Å². The fraction of sp³-hybridized carbons (Fsp3) is 0.192. The Balaban J connectivity index is 1.48. The Hall–Kier alpha value is -3.09. The summed E-state index contributed by atoms with van der Waals surface area (Å²) in [6.07, 6.45) is 2.27. The van der Waals surface area contributed by atoms with Gasteiger partial charge in [0.05, 0.1) is 0 Å². The van der Waals surface area contributed by atoms with E-state index in [1.54, 1.807) is 0 Å². The lowest BCUT2D eigenvalue weighted by atomic mass is 10.0. The summed E-state index contributed by atoms with van der Waals surface area (Å²) < 4.78 is 7.02. The molecular formula is C26H25BrN2O3. The average molecular weight is 493 g/mol. The summed E-state index contributed by atoms with van der Waals surface area (Å²) >= 11 is 3.51. The van der Waals surface area contributed by atoms with Gasteiger partial charge in [0, 0.05) is 40.1 Å². The Bertz CT molecular complexity index is 1230. The molecule has 1 unspecified atom stereocenters. The molecule has 0 spiro atoms. The second kappa shape index (κ2) is 10.0. The highest BCUT2D eigenvalue weighted by molar-refractivity contribution is 9.10. The minimum Gasteiger partial charge on any atom is -0.489 e. The summed E-state index contributed by atoms with van der Waals surface area (Å²) in [5.41, 5.74) is 5.18. The van der Waals surface area contributed by atoms with Gasteiger partial charge in [-0.25, -0.2) is 0 Å². The van der Waals surface area contributed by atoms with Gasteiger partial charge in [0.25, 0.3) is 0 Å². The number of fused-ring (bicyclic) bond motifs is 1. The zero-order valence-electron chi connectivity index (χ0n) is 17.8. The number of aryl methyl sites for hydroxylation is 1. The second-order valence-electron chi connectivity index (χ2n) is 7.80. The molecule has 3 aromatic carbocycles. The van der Waals surface area contributed by atoms with Crippen LogP contribution in [-0.2, 0) is 24.4 Å². The van der Waals surface area contributed by atoms with Crippen molar-refractivity contribution in [1.82, 2.24) is 10.3 Å². The molecule has 0 fully saturated rings. The number of para-hydroxylation sites is 1. The van der Waals surface area contributed by atoms with Gasteiger partial charge in [-0.15, -0.1) is 0 Å². The minimum atomic E-state index is -0.882. The maximum Gasteiger partial charge on any atom is 0.321 e. The number of carboxylic acids is 1. The molecule has 4 aromatic rings. The quantitative estimate of drug-likeness (QED) is 0.284. The number of ether oxygens (including phenoxy) is 1. The summed E-state index contributed by atoms with van der Waals surface area (Å²) in [7, 11) is 0. The first-order chi connectivity index (χ1) is 15.5. The predicted octanol–water partition coefficient (Wildman–Crippen LogP) is 5.60. The second-order valence-corrected chi connectivity index (χ2v) is 8.72. The summed E-state index contributed by atoms with van der Waals surface area (Å²) in [5.74, 6) is -0.146. The third-order valence-electron chi connectivity index (χ3n) is 5.60.